The van der Waals surface area contributed by atoms with Crippen LogP contribution < -0.4 is 4.90 Å². The van der Waals surface area contributed by atoms with Gasteiger partial charge in [0.15, 0.2) is 0 Å². The zero-order valence-electron chi connectivity index (χ0n) is 20.8. The first-order chi connectivity index (χ1) is 16.6. The van der Waals surface area contributed by atoms with E-state index in [1.54, 1.807) is 12.1 Å². The summed E-state index contributed by atoms with van der Waals surface area (Å²) in [4.78, 5) is 8.91. The number of aromatic nitrogens is 2. The Morgan fingerprint density at radius 2 is 1.82 bits per heavy atom. The van der Waals surface area contributed by atoms with Gasteiger partial charge in [0.05, 0.1) is 11.4 Å². The number of thiophene rings is 1. The Labute approximate surface area is 207 Å². The van der Waals surface area contributed by atoms with E-state index < -0.39 is 0 Å². The molecule has 0 unspecified atom stereocenters. The van der Waals surface area contributed by atoms with Gasteiger partial charge in [0.25, 0.3) is 0 Å². The molecular formula is C27H38FN5S. The first-order valence-electron chi connectivity index (χ1n) is 12.7. The van der Waals surface area contributed by atoms with Crippen LogP contribution in [0.3, 0.4) is 0 Å². The highest BCUT2D eigenvalue weighted by atomic mass is 32.1. The van der Waals surface area contributed by atoms with Crippen molar-refractivity contribution in [3.05, 3.63) is 63.7 Å². The molecule has 0 bridgehead atoms. The average Bonchev–Trinajstić information content (AvgIpc) is 3.48. The van der Waals surface area contributed by atoms with E-state index in [-0.39, 0.29) is 5.82 Å². The topological polar surface area (TPSA) is 27.5 Å². The first kappa shape index (κ1) is 24.9. The van der Waals surface area contributed by atoms with Crippen LogP contribution >= 0.6 is 11.3 Å². The number of aryl methyl sites for hydroxylation is 1. The van der Waals surface area contributed by atoms with Crippen LogP contribution in [0.4, 0.5) is 10.2 Å². The number of piperazine rings is 1. The Hall–Kier alpha value is -2.22. The van der Waals surface area contributed by atoms with Gasteiger partial charge in [0.1, 0.15) is 11.6 Å². The lowest BCUT2D eigenvalue weighted by Crippen LogP contribution is -2.47. The van der Waals surface area contributed by atoms with Crippen LogP contribution in [0, 0.1) is 5.82 Å². The zero-order valence-corrected chi connectivity index (χ0v) is 21.7. The molecule has 0 atom stereocenters. The first-order valence-corrected chi connectivity index (χ1v) is 13.6. The van der Waals surface area contributed by atoms with Crippen LogP contribution in [-0.4, -0.2) is 58.8 Å². The van der Waals surface area contributed by atoms with Crippen LogP contribution in [-0.2, 0) is 19.5 Å². The SMILES string of the molecule is CCCc1nn(-c2cccc(F)c2)c(N2CCN(CC)CC2)c1CN(CCC)Cc1cccs1. The highest BCUT2D eigenvalue weighted by Gasteiger charge is 2.27. The van der Waals surface area contributed by atoms with Crippen molar-refractivity contribution in [3.63, 3.8) is 0 Å². The zero-order chi connectivity index (χ0) is 23.9. The van der Waals surface area contributed by atoms with Crippen molar-refractivity contribution in [2.45, 2.75) is 53.1 Å². The maximum absolute atomic E-state index is 14.2. The number of hydrogen-bond donors (Lipinski definition) is 0. The van der Waals surface area contributed by atoms with Gasteiger partial charge >= 0.3 is 0 Å². The molecule has 5 nitrogen and oxygen atoms in total. The van der Waals surface area contributed by atoms with Crippen LogP contribution in [0.1, 0.15) is 49.7 Å². The average molecular weight is 484 g/mol. The Kier molecular flexibility index (Phi) is 8.75. The highest BCUT2D eigenvalue weighted by molar-refractivity contribution is 7.09. The van der Waals surface area contributed by atoms with Gasteiger partial charge in [0.2, 0.25) is 0 Å². The number of anilines is 1. The summed E-state index contributed by atoms with van der Waals surface area (Å²) in [5, 5.41) is 7.26. The molecule has 1 aromatic carbocycles. The molecule has 7 heteroatoms. The third kappa shape index (κ3) is 5.88. The smallest absolute Gasteiger partial charge is 0.137 e. The highest BCUT2D eigenvalue weighted by Crippen LogP contribution is 2.31. The van der Waals surface area contributed by atoms with Crippen molar-refractivity contribution < 1.29 is 4.39 Å². The summed E-state index contributed by atoms with van der Waals surface area (Å²) >= 11 is 1.82. The Morgan fingerprint density at radius 3 is 2.47 bits per heavy atom. The minimum Gasteiger partial charge on any atom is -0.354 e. The summed E-state index contributed by atoms with van der Waals surface area (Å²) in [6, 6.07) is 11.2. The normalized spacial score (nSPS) is 14.9. The largest absolute Gasteiger partial charge is 0.354 e. The Bertz CT molecular complexity index is 1020. The number of likely N-dealkylation sites (N-methyl/N-ethyl adjacent to an activating group) is 1. The number of rotatable bonds is 11. The molecule has 1 saturated heterocycles. The molecule has 0 radical (unpaired) electrons. The summed E-state index contributed by atoms with van der Waals surface area (Å²) < 4.78 is 16.2. The molecule has 2 aromatic heterocycles. The molecule has 184 valence electrons. The lowest BCUT2D eigenvalue weighted by atomic mass is 10.1. The molecule has 0 N–H and O–H groups in total. The van der Waals surface area contributed by atoms with E-state index in [4.69, 9.17) is 5.10 Å². The van der Waals surface area contributed by atoms with Gasteiger partial charge in [-0.05, 0) is 55.6 Å². The second kappa shape index (κ2) is 12.0. The third-order valence-electron chi connectivity index (χ3n) is 6.58. The fourth-order valence-electron chi connectivity index (χ4n) is 4.85. The quantitative estimate of drug-likeness (QED) is 0.356. The summed E-state index contributed by atoms with van der Waals surface area (Å²) in [6.45, 7) is 14.6. The van der Waals surface area contributed by atoms with Gasteiger partial charge in [-0.15, -0.1) is 11.3 Å². The van der Waals surface area contributed by atoms with E-state index in [1.807, 2.05) is 22.1 Å². The van der Waals surface area contributed by atoms with Gasteiger partial charge < -0.3 is 9.80 Å². The molecule has 3 heterocycles. The molecule has 0 spiro atoms. The summed E-state index contributed by atoms with van der Waals surface area (Å²) in [6.07, 6.45) is 3.07. The molecule has 1 fully saturated rings. The molecule has 0 saturated carbocycles. The molecule has 0 amide bonds. The van der Waals surface area contributed by atoms with E-state index in [0.29, 0.717) is 0 Å². The lowest BCUT2D eigenvalue weighted by molar-refractivity contribution is 0.256. The molecule has 0 aliphatic carbocycles. The second-order valence-electron chi connectivity index (χ2n) is 9.10. The molecule has 34 heavy (non-hydrogen) atoms. The minimum absolute atomic E-state index is 0.223. The Balaban J connectivity index is 1.76. The number of benzene rings is 1. The minimum atomic E-state index is -0.223. The number of nitrogens with zero attached hydrogens (tertiary/aromatic N) is 5. The van der Waals surface area contributed by atoms with Crippen molar-refractivity contribution >= 4 is 17.2 Å². The van der Waals surface area contributed by atoms with E-state index in [1.165, 1.54) is 16.5 Å². The third-order valence-corrected chi connectivity index (χ3v) is 7.44. The van der Waals surface area contributed by atoms with Crippen molar-refractivity contribution in [2.75, 3.05) is 44.2 Å². The summed E-state index contributed by atoms with van der Waals surface area (Å²) in [5.74, 6) is 0.927. The van der Waals surface area contributed by atoms with Crippen molar-refractivity contribution in [1.29, 1.82) is 0 Å². The molecular weight excluding hydrogens is 445 g/mol. The molecule has 3 aromatic rings. The van der Waals surface area contributed by atoms with Gasteiger partial charge in [-0.25, -0.2) is 9.07 Å². The standard InChI is InChI=1S/C27H38FN5S/c1-4-9-26-25(21-31(13-5-2)20-24-12-8-18-34-24)27(32-16-14-30(6-3)15-17-32)33(29-26)23-11-7-10-22(28)19-23/h7-8,10-12,18-19H,4-6,9,13-17,20-21H2,1-3H3. The Morgan fingerprint density at radius 1 is 1.00 bits per heavy atom. The second-order valence-corrected chi connectivity index (χ2v) is 10.1. The fourth-order valence-corrected chi connectivity index (χ4v) is 5.60. The summed E-state index contributed by atoms with van der Waals surface area (Å²) in [5.41, 5.74) is 3.25. The van der Waals surface area contributed by atoms with E-state index in [0.717, 1.165) is 88.8 Å². The fraction of sp³-hybridized carbons (Fsp3) is 0.519. The molecule has 1 aliphatic rings. The predicted octanol–water partition coefficient (Wildman–Crippen LogP) is 5.58. The van der Waals surface area contributed by atoms with Crippen LogP contribution in [0.2, 0.25) is 0 Å². The van der Waals surface area contributed by atoms with Crippen molar-refractivity contribution in [1.82, 2.24) is 19.6 Å². The van der Waals surface area contributed by atoms with Gasteiger partial charge in [-0.2, -0.15) is 5.10 Å². The maximum Gasteiger partial charge on any atom is 0.137 e. The predicted molar refractivity (Wildman–Crippen MR) is 141 cm³/mol. The van der Waals surface area contributed by atoms with Gasteiger partial charge in [-0.3, -0.25) is 4.90 Å². The van der Waals surface area contributed by atoms with E-state index in [2.05, 4.69) is 53.0 Å². The maximum atomic E-state index is 14.2. The van der Waals surface area contributed by atoms with Crippen molar-refractivity contribution in [2.24, 2.45) is 0 Å². The number of halogens is 1. The molecule has 4 rings (SSSR count). The molecule has 1 aliphatic heterocycles. The van der Waals surface area contributed by atoms with E-state index in [9.17, 15) is 4.39 Å². The van der Waals surface area contributed by atoms with Crippen LogP contribution in [0.5, 0.6) is 0 Å². The van der Waals surface area contributed by atoms with Gasteiger partial charge in [-0.1, -0.05) is 39.3 Å². The lowest BCUT2D eigenvalue weighted by Gasteiger charge is -2.36. The van der Waals surface area contributed by atoms with Gasteiger partial charge in [0, 0.05) is 49.7 Å². The van der Waals surface area contributed by atoms with E-state index >= 15 is 0 Å². The summed E-state index contributed by atoms with van der Waals surface area (Å²) in [7, 11) is 0. The van der Waals surface area contributed by atoms with Crippen LogP contribution in [0.15, 0.2) is 41.8 Å². The number of hydrogen-bond acceptors (Lipinski definition) is 5. The van der Waals surface area contributed by atoms with Crippen LogP contribution in [0.25, 0.3) is 5.69 Å². The van der Waals surface area contributed by atoms with Crippen molar-refractivity contribution in [3.8, 4) is 5.69 Å². The monoisotopic (exact) mass is 483 g/mol.